The van der Waals surface area contributed by atoms with E-state index in [4.69, 9.17) is 8.83 Å². The molecule has 0 radical (unpaired) electrons. The number of nitrogens with zero attached hydrogens (tertiary/aromatic N) is 4. The molecule has 0 aliphatic rings. The first-order chi connectivity index (χ1) is 7.15. The van der Waals surface area contributed by atoms with Crippen molar-refractivity contribution in [2.24, 2.45) is 0 Å². The Morgan fingerprint density at radius 3 is 2.33 bits per heavy atom. The smallest absolute Gasteiger partial charge is 0.306 e. The molecule has 2 aromatic heterocycles. The summed E-state index contributed by atoms with van der Waals surface area (Å²) in [5.41, 5.74) is 0. The van der Waals surface area contributed by atoms with Gasteiger partial charge in [0, 0.05) is 18.7 Å². The molecule has 0 N–H and O–H groups in total. The Morgan fingerprint density at radius 1 is 1.07 bits per heavy atom. The van der Waals surface area contributed by atoms with Gasteiger partial charge in [0.05, 0.1) is 0 Å². The quantitative estimate of drug-likeness (QED) is 0.748. The molecule has 6 nitrogen and oxygen atoms in total. The van der Waals surface area contributed by atoms with Crippen molar-refractivity contribution in [3.8, 4) is 11.8 Å². The van der Waals surface area contributed by atoms with Gasteiger partial charge < -0.3 is 8.83 Å². The summed E-state index contributed by atoms with van der Waals surface area (Å²) in [6, 6.07) is 0. The standard InChI is InChI=1S/C6H4F2N4O2S/c1-2-9-10-3(13-2)4-11-12-6(14-4)15-5(7)8/h5H,1H3. The van der Waals surface area contributed by atoms with E-state index in [0.717, 1.165) is 0 Å². The van der Waals surface area contributed by atoms with Crippen LogP contribution in [0.5, 0.6) is 0 Å². The molecule has 80 valence electrons. The zero-order chi connectivity index (χ0) is 10.8. The molecule has 2 rings (SSSR count). The highest BCUT2D eigenvalue weighted by Gasteiger charge is 2.17. The molecular weight excluding hydrogens is 230 g/mol. The number of thioether (sulfide) groups is 1. The molecule has 0 aliphatic carbocycles. The van der Waals surface area contributed by atoms with E-state index >= 15 is 0 Å². The average molecular weight is 234 g/mol. The van der Waals surface area contributed by atoms with E-state index in [1.807, 2.05) is 0 Å². The lowest BCUT2D eigenvalue weighted by atomic mass is 10.7. The first kappa shape index (κ1) is 10.0. The highest BCUT2D eigenvalue weighted by molar-refractivity contribution is 7.99. The summed E-state index contributed by atoms with van der Waals surface area (Å²) in [5, 5.41) is 13.8. The fraction of sp³-hybridized carbons (Fsp3) is 0.333. The van der Waals surface area contributed by atoms with Crippen molar-refractivity contribution < 1.29 is 17.6 Å². The fourth-order valence-corrected chi connectivity index (χ4v) is 1.17. The summed E-state index contributed by atoms with van der Waals surface area (Å²) in [7, 11) is 0. The van der Waals surface area contributed by atoms with Crippen LogP contribution < -0.4 is 0 Å². The van der Waals surface area contributed by atoms with Crippen LogP contribution in [0.15, 0.2) is 14.1 Å². The maximum atomic E-state index is 11.9. The van der Waals surface area contributed by atoms with Crippen LogP contribution in [0.25, 0.3) is 11.8 Å². The molecular formula is C6H4F2N4O2S. The minimum atomic E-state index is -2.61. The molecule has 0 saturated heterocycles. The second-order valence-corrected chi connectivity index (χ2v) is 3.32. The van der Waals surface area contributed by atoms with Crippen LogP contribution in [0.4, 0.5) is 8.78 Å². The van der Waals surface area contributed by atoms with Crippen LogP contribution in [-0.4, -0.2) is 26.2 Å². The number of halogens is 2. The van der Waals surface area contributed by atoms with Crippen LogP contribution in [0.3, 0.4) is 0 Å². The topological polar surface area (TPSA) is 77.8 Å². The summed E-state index contributed by atoms with van der Waals surface area (Å²) in [6.07, 6.45) is 0. The fourth-order valence-electron chi connectivity index (χ4n) is 0.803. The average Bonchev–Trinajstić information content (AvgIpc) is 2.72. The molecule has 15 heavy (non-hydrogen) atoms. The molecule has 0 aromatic carbocycles. The monoisotopic (exact) mass is 234 g/mol. The molecule has 0 fully saturated rings. The summed E-state index contributed by atoms with van der Waals surface area (Å²) in [6.45, 7) is 1.59. The first-order valence-electron chi connectivity index (χ1n) is 3.74. The maximum absolute atomic E-state index is 11.9. The Morgan fingerprint density at radius 2 is 1.73 bits per heavy atom. The van der Waals surface area contributed by atoms with Gasteiger partial charge in [-0.2, -0.15) is 8.78 Å². The van der Waals surface area contributed by atoms with E-state index in [1.165, 1.54) is 0 Å². The van der Waals surface area contributed by atoms with Gasteiger partial charge >= 0.3 is 11.8 Å². The molecule has 0 bridgehead atoms. The lowest BCUT2D eigenvalue weighted by Crippen LogP contribution is -1.80. The van der Waals surface area contributed by atoms with Crippen LogP contribution in [0.2, 0.25) is 0 Å². The van der Waals surface area contributed by atoms with Gasteiger partial charge in [0.25, 0.3) is 11.0 Å². The van der Waals surface area contributed by atoms with Crippen molar-refractivity contribution in [3.05, 3.63) is 5.89 Å². The molecule has 2 heterocycles. The number of rotatable bonds is 3. The Kier molecular flexibility index (Phi) is 2.62. The molecule has 0 unspecified atom stereocenters. The Balaban J connectivity index is 2.20. The minimum absolute atomic E-state index is 0.0149. The number of hydrogen-bond acceptors (Lipinski definition) is 7. The van der Waals surface area contributed by atoms with Crippen LogP contribution in [0.1, 0.15) is 5.89 Å². The third kappa shape index (κ3) is 2.29. The van der Waals surface area contributed by atoms with E-state index in [0.29, 0.717) is 5.89 Å². The van der Waals surface area contributed by atoms with Crippen LogP contribution in [-0.2, 0) is 0 Å². The Labute approximate surface area is 86.1 Å². The molecule has 0 aliphatic heterocycles. The van der Waals surface area contributed by atoms with Crippen molar-refractivity contribution in [3.63, 3.8) is 0 Å². The first-order valence-corrected chi connectivity index (χ1v) is 4.62. The number of hydrogen-bond donors (Lipinski definition) is 0. The number of aromatic nitrogens is 4. The highest BCUT2D eigenvalue weighted by Crippen LogP contribution is 2.26. The van der Waals surface area contributed by atoms with Gasteiger partial charge in [0.2, 0.25) is 5.89 Å². The van der Waals surface area contributed by atoms with Gasteiger partial charge in [-0.3, -0.25) is 0 Å². The van der Waals surface area contributed by atoms with Gasteiger partial charge in [-0.15, -0.1) is 20.4 Å². The highest BCUT2D eigenvalue weighted by atomic mass is 32.2. The second-order valence-electron chi connectivity index (χ2n) is 2.38. The Hall–Kier alpha value is -1.51. The summed E-state index contributed by atoms with van der Waals surface area (Å²) >= 11 is 0.157. The van der Waals surface area contributed by atoms with Crippen molar-refractivity contribution >= 4 is 11.8 Å². The zero-order valence-electron chi connectivity index (χ0n) is 7.35. The van der Waals surface area contributed by atoms with Crippen molar-refractivity contribution in [1.29, 1.82) is 0 Å². The molecule has 0 saturated carbocycles. The molecule has 0 spiro atoms. The third-order valence-electron chi connectivity index (χ3n) is 1.31. The van der Waals surface area contributed by atoms with Gasteiger partial charge in [-0.25, -0.2) is 0 Å². The molecule has 0 amide bonds. The van der Waals surface area contributed by atoms with Gasteiger partial charge in [0.15, 0.2) is 0 Å². The van der Waals surface area contributed by atoms with E-state index in [2.05, 4.69) is 20.4 Å². The van der Waals surface area contributed by atoms with Crippen LogP contribution in [0, 0.1) is 6.92 Å². The summed E-state index contributed by atoms with van der Waals surface area (Å²) in [5.74, 6) is -2.34. The molecule has 9 heteroatoms. The second kappa shape index (κ2) is 3.93. The maximum Gasteiger partial charge on any atom is 0.306 e. The van der Waals surface area contributed by atoms with Gasteiger partial charge in [0.1, 0.15) is 0 Å². The van der Waals surface area contributed by atoms with Crippen molar-refractivity contribution in [2.45, 2.75) is 17.9 Å². The molecule has 0 atom stereocenters. The normalized spacial score (nSPS) is 11.2. The van der Waals surface area contributed by atoms with Crippen LogP contribution >= 0.6 is 11.8 Å². The Bertz CT molecular complexity index is 457. The number of aryl methyl sites for hydroxylation is 1. The third-order valence-corrected chi connectivity index (χ3v) is 1.85. The van der Waals surface area contributed by atoms with E-state index < -0.39 is 5.76 Å². The predicted molar refractivity (Wildman–Crippen MR) is 44.2 cm³/mol. The van der Waals surface area contributed by atoms with E-state index in [-0.39, 0.29) is 28.8 Å². The van der Waals surface area contributed by atoms with Gasteiger partial charge in [-0.1, -0.05) is 0 Å². The SMILES string of the molecule is Cc1nnc(-c2nnc(SC(F)F)o2)o1. The lowest BCUT2D eigenvalue weighted by molar-refractivity contribution is 0.249. The lowest BCUT2D eigenvalue weighted by Gasteiger charge is -1.89. The van der Waals surface area contributed by atoms with Crippen molar-refractivity contribution in [2.75, 3.05) is 0 Å². The number of alkyl halides is 2. The summed E-state index contributed by atoms with van der Waals surface area (Å²) < 4.78 is 33.7. The minimum Gasteiger partial charge on any atom is -0.417 e. The van der Waals surface area contributed by atoms with Crippen molar-refractivity contribution in [1.82, 2.24) is 20.4 Å². The van der Waals surface area contributed by atoms with E-state index in [9.17, 15) is 8.78 Å². The predicted octanol–water partition coefficient (Wildman–Crippen LogP) is 1.74. The largest absolute Gasteiger partial charge is 0.417 e. The molecule has 2 aromatic rings. The summed E-state index contributed by atoms with van der Waals surface area (Å²) in [4.78, 5) is 0. The van der Waals surface area contributed by atoms with Gasteiger partial charge in [-0.05, 0) is 0 Å². The van der Waals surface area contributed by atoms with E-state index in [1.54, 1.807) is 6.92 Å². The zero-order valence-corrected chi connectivity index (χ0v) is 8.16.